The van der Waals surface area contributed by atoms with E-state index in [2.05, 4.69) is 5.43 Å². The fourth-order valence-corrected chi connectivity index (χ4v) is 2.01. The van der Waals surface area contributed by atoms with Gasteiger partial charge in [-0.15, -0.1) is 0 Å². The molecule has 0 fully saturated rings. The van der Waals surface area contributed by atoms with Crippen LogP contribution in [-0.4, -0.2) is 31.9 Å². The quantitative estimate of drug-likeness (QED) is 0.248. The molecule has 0 aliphatic rings. The Balaban J connectivity index is 3.13. The molecule has 0 amide bonds. The molecule has 0 radical (unpaired) electrons. The molecule has 0 aromatic heterocycles. The van der Waals surface area contributed by atoms with Gasteiger partial charge in [-0.3, -0.25) is 10.6 Å². The molecule has 0 aliphatic heterocycles. The van der Waals surface area contributed by atoms with Gasteiger partial charge >= 0.3 is 5.97 Å². The Morgan fingerprint density at radius 2 is 1.95 bits per heavy atom. The van der Waals surface area contributed by atoms with Crippen LogP contribution in [0.1, 0.15) is 31.7 Å². The van der Waals surface area contributed by atoms with Crippen molar-refractivity contribution in [2.24, 2.45) is 5.84 Å². The van der Waals surface area contributed by atoms with Gasteiger partial charge < -0.3 is 20.4 Å². The molecule has 20 heavy (non-hydrogen) atoms. The highest BCUT2D eigenvalue weighted by Gasteiger charge is 2.38. The zero-order chi connectivity index (χ0) is 15.3. The highest BCUT2D eigenvalue weighted by Crippen LogP contribution is 2.38. The van der Waals surface area contributed by atoms with Gasteiger partial charge in [0.25, 0.3) is 0 Å². The van der Waals surface area contributed by atoms with Crippen molar-refractivity contribution >= 4 is 5.97 Å². The summed E-state index contributed by atoms with van der Waals surface area (Å²) < 4.78 is 0. The first kappa shape index (κ1) is 16.1. The smallest absolute Gasteiger partial charge is 0.325 e. The van der Waals surface area contributed by atoms with Crippen molar-refractivity contribution in [2.75, 3.05) is 0 Å². The second kappa shape index (κ2) is 6.44. The summed E-state index contributed by atoms with van der Waals surface area (Å²) in [4.78, 5) is 11.5. The first-order valence-electron chi connectivity index (χ1n) is 6.32. The third-order valence-electron chi connectivity index (χ3n) is 3.35. The van der Waals surface area contributed by atoms with Crippen molar-refractivity contribution in [3.05, 3.63) is 17.7 Å². The molecule has 0 bridgehead atoms. The molecule has 0 saturated carbocycles. The third-order valence-corrected chi connectivity index (χ3v) is 3.35. The van der Waals surface area contributed by atoms with Crippen LogP contribution in [0.2, 0.25) is 0 Å². The number of rotatable bonds is 7. The lowest BCUT2D eigenvalue weighted by Crippen LogP contribution is -2.57. The number of phenolic OH excluding ortho intramolecular Hbond substituents is 3. The van der Waals surface area contributed by atoms with Crippen LogP contribution in [-0.2, 0) is 11.2 Å². The highest BCUT2D eigenvalue weighted by atomic mass is 16.4. The van der Waals surface area contributed by atoms with Gasteiger partial charge in [-0.25, -0.2) is 5.43 Å². The fraction of sp³-hybridized carbons (Fsp3) is 0.462. The Bertz CT molecular complexity index is 492. The van der Waals surface area contributed by atoms with Gasteiger partial charge in [0.2, 0.25) is 5.75 Å². The minimum absolute atomic E-state index is 0.113. The van der Waals surface area contributed by atoms with Crippen LogP contribution in [0.15, 0.2) is 12.1 Å². The van der Waals surface area contributed by atoms with Crippen LogP contribution >= 0.6 is 0 Å². The van der Waals surface area contributed by atoms with E-state index in [0.717, 1.165) is 6.42 Å². The standard InChI is InChI=1S/C13H20N2O5/c1-2-3-6-13(15-14,12(19)20)7-8-4-5-9(16)11(18)10(8)17/h4-5,15-18H,2-3,6-7,14H2,1H3,(H,19,20). The number of hydrogen-bond acceptors (Lipinski definition) is 6. The number of carbonyl (C=O) groups is 1. The molecule has 1 atom stereocenters. The van der Waals surface area contributed by atoms with Gasteiger partial charge in [0.15, 0.2) is 11.5 Å². The van der Waals surface area contributed by atoms with E-state index in [4.69, 9.17) is 5.84 Å². The Labute approximate surface area is 116 Å². The van der Waals surface area contributed by atoms with Gasteiger partial charge in [-0.05, 0) is 12.5 Å². The van der Waals surface area contributed by atoms with E-state index in [1.165, 1.54) is 12.1 Å². The topological polar surface area (TPSA) is 136 Å². The van der Waals surface area contributed by atoms with E-state index in [-0.39, 0.29) is 18.4 Å². The molecule has 112 valence electrons. The molecule has 0 spiro atoms. The molecule has 0 aliphatic carbocycles. The van der Waals surface area contributed by atoms with Crippen molar-refractivity contribution in [3.8, 4) is 17.2 Å². The highest BCUT2D eigenvalue weighted by molar-refractivity contribution is 5.79. The third kappa shape index (κ3) is 3.12. The maximum absolute atomic E-state index is 11.5. The van der Waals surface area contributed by atoms with Crippen LogP contribution in [0.4, 0.5) is 0 Å². The van der Waals surface area contributed by atoms with Gasteiger partial charge in [0.05, 0.1) is 0 Å². The normalized spacial score (nSPS) is 13.9. The number of hydrogen-bond donors (Lipinski definition) is 6. The summed E-state index contributed by atoms with van der Waals surface area (Å²) in [6.45, 7) is 1.92. The number of unbranched alkanes of at least 4 members (excludes halogenated alkanes) is 1. The van der Waals surface area contributed by atoms with Crippen molar-refractivity contribution in [2.45, 2.75) is 38.1 Å². The van der Waals surface area contributed by atoms with Gasteiger partial charge in [0.1, 0.15) is 5.54 Å². The number of nitrogens with two attached hydrogens (primary N) is 1. The summed E-state index contributed by atoms with van der Waals surface area (Å²) in [6, 6.07) is 2.54. The Hall–Kier alpha value is -1.99. The molecule has 1 aromatic rings. The molecule has 1 aromatic carbocycles. The fourth-order valence-electron chi connectivity index (χ4n) is 2.01. The van der Waals surface area contributed by atoms with Crippen LogP contribution in [0.25, 0.3) is 0 Å². The van der Waals surface area contributed by atoms with Crippen molar-refractivity contribution < 1.29 is 25.2 Å². The molecule has 1 rings (SSSR count). The number of carboxylic acids is 1. The van der Waals surface area contributed by atoms with Crippen molar-refractivity contribution in [3.63, 3.8) is 0 Å². The van der Waals surface area contributed by atoms with Gasteiger partial charge in [0, 0.05) is 12.0 Å². The molecule has 7 nitrogen and oxygen atoms in total. The maximum Gasteiger partial charge on any atom is 0.325 e. The Morgan fingerprint density at radius 3 is 2.45 bits per heavy atom. The first-order valence-corrected chi connectivity index (χ1v) is 6.32. The van der Waals surface area contributed by atoms with E-state index in [0.29, 0.717) is 6.42 Å². The van der Waals surface area contributed by atoms with Crippen LogP contribution in [0, 0.1) is 0 Å². The summed E-state index contributed by atoms with van der Waals surface area (Å²) in [5.74, 6) is 2.57. The van der Waals surface area contributed by atoms with Crippen LogP contribution < -0.4 is 11.3 Å². The maximum atomic E-state index is 11.5. The summed E-state index contributed by atoms with van der Waals surface area (Å²) in [5, 5.41) is 37.9. The van der Waals surface area contributed by atoms with E-state index < -0.39 is 28.8 Å². The number of aliphatic carboxylic acids is 1. The van der Waals surface area contributed by atoms with Gasteiger partial charge in [-0.1, -0.05) is 25.8 Å². The summed E-state index contributed by atoms with van der Waals surface area (Å²) in [5.41, 5.74) is 1.06. The second-order valence-corrected chi connectivity index (χ2v) is 4.75. The van der Waals surface area contributed by atoms with Crippen molar-refractivity contribution in [1.29, 1.82) is 0 Å². The van der Waals surface area contributed by atoms with Crippen molar-refractivity contribution in [1.82, 2.24) is 5.43 Å². The van der Waals surface area contributed by atoms with E-state index in [9.17, 15) is 25.2 Å². The monoisotopic (exact) mass is 284 g/mol. The lowest BCUT2D eigenvalue weighted by Gasteiger charge is -2.29. The summed E-state index contributed by atoms with van der Waals surface area (Å²) >= 11 is 0. The Kier molecular flexibility index (Phi) is 5.18. The minimum Gasteiger partial charge on any atom is -0.504 e. The molecule has 1 unspecified atom stereocenters. The molecule has 7 N–H and O–H groups in total. The number of hydrazine groups is 1. The Morgan fingerprint density at radius 1 is 1.30 bits per heavy atom. The average molecular weight is 284 g/mol. The zero-order valence-electron chi connectivity index (χ0n) is 11.3. The molecular formula is C13H20N2O5. The second-order valence-electron chi connectivity index (χ2n) is 4.75. The van der Waals surface area contributed by atoms with Crippen LogP contribution in [0.3, 0.4) is 0 Å². The number of nitrogens with one attached hydrogen (secondary N) is 1. The van der Waals surface area contributed by atoms with E-state index in [1.807, 2.05) is 6.92 Å². The first-order chi connectivity index (χ1) is 9.38. The minimum atomic E-state index is -1.43. The lowest BCUT2D eigenvalue weighted by molar-refractivity contribution is -0.145. The predicted molar refractivity (Wildman–Crippen MR) is 72.4 cm³/mol. The summed E-state index contributed by atoms with van der Waals surface area (Å²) in [6.07, 6.45) is 1.60. The lowest BCUT2D eigenvalue weighted by atomic mass is 9.86. The molecule has 7 heteroatoms. The zero-order valence-corrected chi connectivity index (χ0v) is 11.3. The number of aromatic hydroxyl groups is 3. The number of carboxylic acid groups (broad SMARTS) is 1. The van der Waals surface area contributed by atoms with E-state index in [1.54, 1.807) is 0 Å². The number of benzene rings is 1. The predicted octanol–water partition coefficient (Wildman–Crippen LogP) is 0.823. The average Bonchev–Trinajstić information content (AvgIpc) is 2.43. The largest absolute Gasteiger partial charge is 0.504 e. The molecule has 0 saturated heterocycles. The summed E-state index contributed by atoms with van der Waals surface area (Å²) in [7, 11) is 0. The SMILES string of the molecule is CCCCC(Cc1ccc(O)c(O)c1O)(NN)C(=O)O. The molecule has 0 heterocycles. The number of phenols is 3. The molecular weight excluding hydrogens is 264 g/mol. The van der Waals surface area contributed by atoms with Gasteiger partial charge in [-0.2, -0.15) is 0 Å². The van der Waals surface area contributed by atoms with Crippen LogP contribution in [0.5, 0.6) is 17.2 Å². The van der Waals surface area contributed by atoms with E-state index >= 15 is 0 Å².